The predicted molar refractivity (Wildman–Crippen MR) is 258 cm³/mol. The van der Waals surface area contributed by atoms with Crippen molar-refractivity contribution in [3.8, 4) is 11.3 Å². The number of esters is 2. The molecule has 378 valence electrons. The Morgan fingerprint density at radius 3 is 2.30 bits per heavy atom. The van der Waals surface area contributed by atoms with E-state index >= 15 is 4.79 Å². The van der Waals surface area contributed by atoms with Crippen LogP contribution in [0.25, 0.3) is 11.3 Å². The summed E-state index contributed by atoms with van der Waals surface area (Å²) in [6, 6.07) is 11.3. The van der Waals surface area contributed by atoms with Crippen LogP contribution in [-0.2, 0) is 48.3 Å². The predicted octanol–water partition coefficient (Wildman–Crippen LogP) is 7.92. The lowest BCUT2D eigenvalue weighted by Crippen LogP contribution is -2.61. The number of fused-ring (bicyclic) bond motifs is 1. The fraction of sp³-hybridized carbons (Fsp3) is 0.642. The second kappa shape index (κ2) is 21.9. The van der Waals surface area contributed by atoms with E-state index < -0.39 is 94.9 Å². The summed E-state index contributed by atoms with van der Waals surface area (Å²) in [4.78, 5) is 84.8. The van der Waals surface area contributed by atoms with Crippen LogP contribution in [0, 0.1) is 23.7 Å². The normalized spacial score (nSPS) is 32.8. The van der Waals surface area contributed by atoms with Crippen LogP contribution in [0.2, 0.25) is 0 Å². The summed E-state index contributed by atoms with van der Waals surface area (Å²) in [7, 11) is 5.28. The molecule has 0 saturated carbocycles. The maximum absolute atomic E-state index is 15.2. The number of Topliss-reactive ketones (excluding diaryl/α,β-unsaturated/α-hetero) is 2. The van der Waals surface area contributed by atoms with Gasteiger partial charge in [-0.25, -0.2) is 14.6 Å². The Kier molecular flexibility index (Phi) is 17.0. The van der Waals surface area contributed by atoms with Gasteiger partial charge in [0, 0.05) is 61.1 Å². The molecule has 1 amide bonds. The summed E-state index contributed by atoms with van der Waals surface area (Å²) in [6.07, 6.45) is 4.38. The van der Waals surface area contributed by atoms with Gasteiger partial charge in [0.05, 0.1) is 47.5 Å². The first kappa shape index (κ1) is 53.3. The van der Waals surface area contributed by atoms with Gasteiger partial charge in [0.25, 0.3) is 0 Å². The number of aromatic nitrogens is 3. The molecular formula is C53H75N5O11. The smallest absolute Gasteiger partial charge is 0.410 e. The summed E-state index contributed by atoms with van der Waals surface area (Å²) in [5.41, 5.74) is -1.12. The third-order valence-electron chi connectivity index (χ3n) is 15.2. The van der Waals surface area contributed by atoms with Crippen molar-refractivity contribution >= 4 is 29.6 Å². The Balaban J connectivity index is 1.33. The molecule has 0 spiro atoms. The highest BCUT2D eigenvalue weighted by Crippen LogP contribution is 2.45. The molecule has 13 atom stereocenters. The SMILES string of the molecule is CCC1OC(=O)[C@H](C)C(=O)[C@H](C)[C@@H](O[C@@H]2O[C@H](C)C[C@H](N(C)C)[C@H]2OC(=O)c2ccccc2)[C@@](C)(OC)C[C@@H](C)C(=O)[C@H](C)C2N(CCCC(C)(C)n3cnc(-c4cccnc4)c3)C(=O)O[C@]12CC. The number of hydrogen-bond acceptors (Lipinski definition) is 14. The van der Waals surface area contributed by atoms with Gasteiger partial charge in [0.15, 0.2) is 23.8 Å². The number of nitrogens with zero attached hydrogens (tertiary/aromatic N) is 5. The van der Waals surface area contributed by atoms with E-state index in [1.165, 1.54) is 14.0 Å². The molecule has 3 aliphatic rings. The van der Waals surface area contributed by atoms with Gasteiger partial charge in [0.1, 0.15) is 17.8 Å². The van der Waals surface area contributed by atoms with Crippen LogP contribution in [0.1, 0.15) is 118 Å². The number of methoxy groups -OCH3 is 1. The van der Waals surface area contributed by atoms with Crippen molar-refractivity contribution < 1.29 is 52.4 Å². The third-order valence-corrected chi connectivity index (χ3v) is 15.2. The van der Waals surface area contributed by atoms with Crippen molar-refractivity contribution in [1.82, 2.24) is 24.3 Å². The highest BCUT2D eigenvalue weighted by atomic mass is 16.7. The summed E-state index contributed by atoms with van der Waals surface area (Å²) in [5, 5.41) is 0. The largest absolute Gasteiger partial charge is 0.457 e. The van der Waals surface area contributed by atoms with Crippen molar-refractivity contribution in [1.29, 1.82) is 0 Å². The van der Waals surface area contributed by atoms with Gasteiger partial charge < -0.3 is 42.8 Å². The van der Waals surface area contributed by atoms with Gasteiger partial charge in [-0.05, 0) is 112 Å². The van der Waals surface area contributed by atoms with Gasteiger partial charge >= 0.3 is 18.0 Å². The van der Waals surface area contributed by atoms with Gasteiger partial charge in [-0.2, -0.15) is 0 Å². The van der Waals surface area contributed by atoms with Crippen LogP contribution >= 0.6 is 0 Å². The maximum Gasteiger partial charge on any atom is 0.410 e. The van der Waals surface area contributed by atoms with Gasteiger partial charge in [-0.3, -0.25) is 19.4 Å². The van der Waals surface area contributed by atoms with Crippen molar-refractivity contribution in [2.75, 3.05) is 27.7 Å². The van der Waals surface area contributed by atoms with E-state index in [1.54, 1.807) is 61.7 Å². The number of rotatable bonds is 14. The first-order chi connectivity index (χ1) is 32.6. The highest BCUT2D eigenvalue weighted by molar-refractivity contribution is 6.00. The lowest BCUT2D eigenvalue weighted by Gasteiger charge is -2.48. The molecule has 0 bridgehead atoms. The molecular weight excluding hydrogens is 883 g/mol. The zero-order valence-electron chi connectivity index (χ0n) is 42.9. The molecule has 1 aromatic carbocycles. The number of likely N-dealkylation sites (N-methyl/N-ethyl adjacent to an activating group) is 1. The number of carbonyl (C=O) groups excluding carboxylic acids is 5. The number of pyridine rings is 1. The molecule has 2 unspecified atom stereocenters. The van der Waals surface area contributed by atoms with Crippen molar-refractivity contribution in [2.45, 2.75) is 167 Å². The number of hydrogen-bond donors (Lipinski definition) is 0. The molecule has 0 N–H and O–H groups in total. The molecule has 6 rings (SSSR count). The van der Waals surface area contributed by atoms with E-state index in [1.807, 2.05) is 78.0 Å². The van der Waals surface area contributed by atoms with Crippen molar-refractivity contribution in [2.24, 2.45) is 23.7 Å². The fourth-order valence-electron chi connectivity index (χ4n) is 11.0. The Hall–Kier alpha value is -5.03. The second-order valence-corrected chi connectivity index (χ2v) is 20.6. The second-order valence-electron chi connectivity index (χ2n) is 20.6. The van der Waals surface area contributed by atoms with Gasteiger partial charge in [-0.15, -0.1) is 0 Å². The van der Waals surface area contributed by atoms with E-state index in [0.29, 0.717) is 24.8 Å². The number of carbonyl (C=O) groups is 5. The zero-order valence-corrected chi connectivity index (χ0v) is 42.9. The quantitative estimate of drug-likeness (QED) is 0.0865. The Morgan fingerprint density at radius 2 is 1.68 bits per heavy atom. The molecule has 3 aromatic rings. The molecule has 3 aliphatic heterocycles. The number of ketones is 2. The van der Waals surface area contributed by atoms with Gasteiger partial charge in [0.2, 0.25) is 0 Å². The average molecular weight is 958 g/mol. The summed E-state index contributed by atoms with van der Waals surface area (Å²) in [6.45, 7) is 18.7. The number of cyclic esters (lactones) is 1. The molecule has 16 nitrogen and oxygen atoms in total. The Bertz CT molecular complexity index is 2250. The number of ether oxygens (including phenoxy) is 6. The molecule has 3 saturated heterocycles. The minimum atomic E-state index is -1.41. The zero-order chi connectivity index (χ0) is 50.6. The van der Waals surface area contributed by atoms with E-state index in [2.05, 4.69) is 28.4 Å². The monoisotopic (exact) mass is 958 g/mol. The van der Waals surface area contributed by atoms with Crippen LogP contribution in [0.4, 0.5) is 4.79 Å². The maximum atomic E-state index is 15.2. The lowest BCUT2D eigenvalue weighted by molar-refractivity contribution is -0.294. The Labute approximate surface area is 408 Å². The van der Waals surface area contributed by atoms with Crippen LogP contribution in [0.5, 0.6) is 0 Å². The number of benzene rings is 1. The van der Waals surface area contributed by atoms with E-state index in [4.69, 9.17) is 28.4 Å². The summed E-state index contributed by atoms with van der Waals surface area (Å²) >= 11 is 0. The first-order valence-corrected chi connectivity index (χ1v) is 24.6. The van der Waals surface area contributed by atoms with Gasteiger partial charge in [-0.1, -0.05) is 52.8 Å². The van der Waals surface area contributed by atoms with Crippen LogP contribution in [0.15, 0.2) is 67.4 Å². The average Bonchev–Trinajstić information content (AvgIpc) is 3.96. The number of imidazole rings is 1. The van der Waals surface area contributed by atoms with Crippen LogP contribution < -0.4 is 0 Å². The fourth-order valence-corrected chi connectivity index (χ4v) is 11.0. The Morgan fingerprint density at radius 1 is 0.971 bits per heavy atom. The van der Waals surface area contributed by atoms with Crippen molar-refractivity contribution in [3.05, 3.63) is 72.9 Å². The third kappa shape index (κ3) is 11.1. The summed E-state index contributed by atoms with van der Waals surface area (Å²) < 4.78 is 40.8. The van der Waals surface area contributed by atoms with Crippen molar-refractivity contribution in [3.63, 3.8) is 0 Å². The topological polar surface area (TPSA) is 178 Å². The van der Waals surface area contributed by atoms with Crippen LogP contribution in [0.3, 0.4) is 0 Å². The molecule has 5 heterocycles. The minimum Gasteiger partial charge on any atom is -0.457 e. The molecule has 2 aromatic heterocycles. The van der Waals surface area contributed by atoms with E-state index in [9.17, 15) is 19.2 Å². The molecule has 3 fully saturated rings. The van der Waals surface area contributed by atoms with E-state index in [0.717, 1.165) is 11.3 Å². The first-order valence-electron chi connectivity index (χ1n) is 24.6. The molecule has 69 heavy (non-hydrogen) atoms. The minimum absolute atomic E-state index is 0.0830. The molecule has 16 heteroatoms. The highest BCUT2D eigenvalue weighted by Gasteiger charge is 2.62. The summed E-state index contributed by atoms with van der Waals surface area (Å²) in [5.74, 6) is -5.81. The molecule has 0 aliphatic carbocycles. The lowest BCUT2D eigenvalue weighted by atomic mass is 9.72. The molecule has 0 radical (unpaired) electrons. The van der Waals surface area contributed by atoms with Crippen LogP contribution in [-0.4, -0.2) is 136 Å². The number of amides is 1. The van der Waals surface area contributed by atoms with E-state index in [-0.39, 0.29) is 43.7 Å². The standard InChI is InChI=1S/C53H75N5O11/c1-14-41-53(15-2)45(58(50(63)69-53)26-20-24-51(8,9)57-30-39(55-31-57)38-23-19-25-54-29-38)34(5)42(59)32(3)28-52(10,64-13)46(35(6)43(60)36(7)47(61)66-41)68-49-44(40(56(11)12)27-33(4)65-49)67-48(62)37-21-17-16-18-22-37/h16-19,21-23,25,29-36,40-41,44-46,49H,14-15,20,24,26-28H2,1-13H3/t32-,33-,34+,35+,36-,40+,41?,44-,45?,46-,49+,52+,53-/m1/s1.